The van der Waals surface area contributed by atoms with Crippen molar-refractivity contribution in [3.05, 3.63) is 31.9 Å². The summed E-state index contributed by atoms with van der Waals surface area (Å²) < 4.78 is 7.54. The minimum absolute atomic E-state index is 0.0992. The van der Waals surface area contributed by atoms with Crippen molar-refractivity contribution < 1.29 is 9.53 Å². The summed E-state index contributed by atoms with van der Waals surface area (Å²) in [6.07, 6.45) is 7.36. The number of carbonyl (C=O) groups excluding carboxylic acids is 1. The van der Waals surface area contributed by atoms with Gasteiger partial charge in [0.2, 0.25) is 0 Å². The lowest BCUT2D eigenvalue weighted by atomic mass is 10.0. The first-order valence-corrected chi connectivity index (χ1v) is 12.3. The minimum Gasteiger partial charge on any atom is -0.378 e. The average molecular weight is 475 g/mol. The molecule has 3 rings (SSSR count). The predicted molar refractivity (Wildman–Crippen MR) is 133 cm³/mol. The van der Waals surface area contributed by atoms with Crippen molar-refractivity contribution in [3.8, 4) is 6.07 Å². The third kappa shape index (κ3) is 5.08. The number of aromatic nitrogens is 1. The lowest BCUT2D eigenvalue weighted by Crippen LogP contribution is -2.40. The van der Waals surface area contributed by atoms with Crippen LogP contribution in [0.1, 0.15) is 55.7 Å². The van der Waals surface area contributed by atoms with E-state index >= 15 is 0 Å². The van der Waals surface area contributed by atoms with E-state index in [2.05, 4.69) is 11.8 Å². The first-order chi connectivity index (χ1) is 15.4. The number of hydrogen-bond acceptors (Lipinski definition) is 7. The lowest BCUT2D eigenvalue weighted by molar-refractivity contribution is -0.122. The van der Waals surface area contributed by atoms with Crippen LogP contribution in [0.2, 0.25) is 0 Å². The molecule has 0 bridgehead atoms. The first kappa shape index (κ1) is 24.5. The van der Waals surface area contributed by atoms with Crippen LogP contribution < -0.4 is 10.5 Å². The first-order valence-electron chi connectivity index (χ1n) is 11.1. The monoisotopic (exact) mass is 474 g/mol. The van der Waals surface area contributed by atoms with Crippen LogP contribution in [-0.4, -0.2) is 52.5 Å². The molecule has 1 aromatic heterocycles. The molecule has 1 aromatic rings. The number of morpholine rings is 1. The minimum atomic E-state index is -0.330. The molecule has 0 aliphatic carbocycles. The van der Waals surface area contributed by atoms with E-state index in [4.69, 9.17) is 17.0 Å². The second kappa shape index (κ2) is 11.1. The molecule has 0 unspecified atom stereocenters. The van der Waals surface area contributed by atoms with Gasteiger partial charge in [0.1, 0.15) is 21.8 Å². The summed E-state index contributed by atoms with van der Waals surface area (Å²) in [6.45, 7) is 6.97. The molecule has 0 spiro atoms. The number of unbranched alkanes of at least 4 members (excludes halogenated alkanes) is 4. The van der Waals surface area contributed by atoms with E-state index in [0.29, 0.717) is 59.0 Å². The van der Waals surface area contributed by atoms with Crippen LogP contribution in [-0.2, 0) is 16.6 Å². The van der Waals surface area contributed by atoms with Gasteiger partial charge >= 0.3 is 0 Å². The number of nitriles is 1. The lowest BCUT2D eigenvalue weighted by Gasteiger charge is -2.32. The molecule has 2 aliphatic rings. The van der Waals surface area contributed by atoms with E-state index in [9.17, 15) is 14.9 Å². The van der Waals surface area contributed by atoms with Gasteiger partial charge in [-0.15, -0.1) is 0 Å². The van der Waals surface area contributed by atoms with E-state index in [1.54, 1.807) is 24.9 Å². The molecular formula is C23H30N4O3S2. The summed E-state index contributed by atoms with van der Waals surface area (Å²) in [5.74, 6) is 0.606. The van der Waals surface area contributed by atoms with Crippen LogP contribution in [0.3, 0.4) is 0 Å². The molecule has 9 heteroatoms. The van der Waals surface area contributed by atoms with Crippen LogP contribution in [0.4, 0.5) is 5.82 Å². The third-order valence-corrected chi connectivity index (χ3v) is 7.29. The molecule has 7 nitrogen and oxygen atoms in total. The Morgan fingerprint density at radius 1 is 1.19 bits per heavy atom. The van der Waals surface area contributed by atoms with Crippen molar-refractivity contribution >= 4 is 46.1 Å². The number of anilines is 1. The molecule has 0 radical (unpaired) electrons. The number of hydrogen-bond donors (Lipinski definition) is 0. The molecule has 0 saturated carbocycles. The molecule has 3 heterocycles. The zero-order chi connectivity index (χ0) is 23.3. The second-order valence-corrected chi connectivity index (χ2v) is 9.74. The largest absolute Gasteiger partial charge is 0.378 e. The fourth-order valence-electron chi connectivity index (χ4n) is 4.07. The van der Waals surface area contributed by atoms with E-state index in [1.165, 1.54) is 29.2 Å². The Balaban J connectivity index is 1.95. The van der Waals surface area contributed by atoms with Crippen LogP contribution >= 0.6 is 24.0 Å². The summed E-state index contributed by atoms with van der Waals surface area (Å²) in [4.78, 5) is 30.2. The van der Waals surface area contributed by atoms with Gasteiger partial charge in [0.15, 0.2) is 0 Å². The van der Waals surface area contributed by atoms with Gasteiger partial charge in [-0.2, -0.15) is 5.26 Å². The topological polar surface area (TPSA) is 78.6 Å². The quantitative estimate of drug-likeness (QED) is 0.324. The molecule has 1 amide bonds. The highest BCUT2D eigenvalue weighted by Crippen LogP contribution is 2.36. The Bertz CT molecular complexity index is 1020. The van der Waals surface area contributed by atoms with Crippen molar-refractivity contribution in [2.45, 2.75) is 46.0 Å². The molecule has 0 N–H and O–H groups in total. The van der Waals surface area contributed by atoms with Crippen molar-refractivity contribution in [1.82, 2.24) is 9.47 Å². The van der Waals surface area contributed by atoms with Gasteiger partial charge < -0.3 is 9.64 Å². The van der Waals surface area contributed by atoms with Gasteiger partial charge in [-0.05, 0) is 25.0 Å². The number of ether oxygens (including phenoxy) is 1. The number of nitrogens with zero attached hydrogens (tertiary/aromatic N) is 4. The SMILES string of the molecule is CCCCCCCN1C(=O)/C(=C/c2c(C)c(C#N)c(=O)n(C)c2N2CCOCC2)SC1=S. The molecule has 0 atom stereocenters. The predicted octanol–water partition coefficient (Wildman–Crippen LogP) is 3.57. The molecule has 172 valence electrons. The van der Waals surface area contributed by atoms with Crippen LogP contribution in [0.15, 0.2) is 9.70 Å². The second-order valence-electron chi connectivity index (χ2n) is 8.06. The van der Waals surface area contributed by atoms with E-state index in [0.717, 1.165) is 19.3 Å². The number of amides is 1. The van der Waals surface area contributed by atoms with Gasteiger partial charge in [0, 0.05) is 32.2 Å². The maximum Gasteiger partial charge on any atom is 0.270 e. The summed E-state index contributed by atoms with van der Waals surface area (Å²) in [5.41, 5.74) is 1.07. The smallest absolute Gasteiger partial charge is 0.270 e. The average Bonchev–Trinajstić information content (AvgIpc) is 3.05. The van der Waals surface area contributed by atoms with Gasteiger partial charge in [0.05, 0.1) is 18.1 Å². The van der Waals surface area contributed by atoms with Crippen LogP contribution in [0.5, 0.6) is 0 Å². The normalized spacial score (nSPS) is 18.0. The Kier molecular flexibility index (Phi) is 8.51. The summed E-state index contributed by atoms with van der Waals surface area (Å²) in [7, 11) is 1.67. The van der Waals surface area contributed by atoms with Gasteiger partial charge in [0.25, 0.3) is 11.5 Å². The number of thiocarbonyl (C=S) groups is 1. The van der Waals surface area contributed by atoms with Crippen LogP contribution in [0.25, 0.3) is 6.08 Å². The highest BCUT2D eigenvalue weighted by atomic mass is 32.2. The maximum absolute atomic E-state index is 13.1. The molecule has 32 heavy (non-hydrogen) atoms. The van der Waals surface area contributed by atoms with Crippen molar-refractivity contribution in [1.29, 1.82) is 5.26 Å². The standard InChI is InChI=1S/C23H30N4O3S2/c1-4-5-6-7-8-9-27-22(29)19(32-23(27)31)14-17-16(2)18(15-24)21(28)25(3)20(17)26-10-12-30-13-11-26/h14H,4-13H2,1-3H3/b19-14-. The number of rotatable bonds is 8. The number of thioether (sulfide) groups is 1. The Morgan fingerprint density at radius 2 is 1.88 bits per heavy atom. The maximum atomic E-state index is 13.1. The Morgan fingerprint density at radius 3 is 2.53 bits per heavy atom. The van der Waals surface area contributed by atoms with E-state index in [1.807, 2.05) is 6.07 Å². The van der Waals surface area contributed by atoms with Gasteiger partial charge in [-0.25, -0.2) is 0 Å². The molecule has 2 saturated heterocycles. The zero-order valence-electron chi connectivity index (χ0n) is 19.0. The third-order valence-electron chi connectivity index (χ3n) is 5.91. The summed E-state index contributed by atoms with van der Waals surface area (Å²) in [5, 5.41) is 9.59. The highest BCUT2D eigenvalue weighted by Gasteiger charge is 2.33. The molecule has 2 aliphatic heterocycles. The number of pyridine rings is 1. The van der Waals surface area contributed by atoms with E-state index in [-0.39, 0.29) is 17.0 Å². The number of carbonyl (C=O) groups is 1. The fourth-order valence-corrected chi connectivity index (χ4v) is 5.36. The molecule has 0 aromatic carbocycles. The van der Waals surface area contributed by atoms with Crippen molar-refractivity contribution in [2.24, 2.45) is 7.05 Å². The summed E-state index contributed by atoms with van der Waals surface area (Å²) >= 11 is 6.78. The zero-order valence-corrected chi connectivity index (χ0v) is 20.6. The van der Waals surface area contributed by atoms with Crippen molar-refractivity contribution in [2.75, 3.05) is 37.7 Å². The highest BCUT2D eigenvalue weighted by molar-refractivity contribution is 8.26. The summed E-state index contributed by atoms with van der Waals surface area (Å²) in [6, 6.07) is 2.04. The Hall–Kier alpha value is -2.15. The van der Waals surface area contributed by atoms with E-state index < -0.39 is 0 Å². The fraction of sp³-hybridized carbons (Fsp3) is 0.565. The van der Waals surface area contributed by atoms with Crippen molar-refractivity contribution in [3.63, 3.8) is 0 Å². The Labute approximate surface area is 199 Å². The van der Waals surface area contributed by atoms with Gasteiger partial charge in [-0.1, -0.05) is 56.6 Å². The molecular weight excluding hydrogens is 444 g/mol. The molecule has 2 fully saturated rings. The van der Waals surface area contributed by atoms with Gasteiger partial charge in [-0.3, -0.25) is 19.1 Å². The van der Waals surface area contributed by atoms with Crippen LogP contribution in [0, 0.1) is 18.3 Å².